The van der Waals surface area contributed by atoms with Gasteiger partial charge in [0, 0.05) is 12.8 Å². The molecule has 11 heteroatoms. The topological polar surface area (TPSA) is 118 Å². The van der Waals surface area contributed by atoms with Gasteiger partial charge in [-0.2, -0.15) is 0 Å². The van der Waals surface area contributed by atoms with Crippen LogP contribution in [0.5, 0.6) is 0 Å². The standard InChI is InChI=1S/C10H10Br4O7/c11-9(12,3-1-5(15)16)7(19)21-8(20)10(13,14)4-2-6(17)18/h1-4H2,(H,15,16)(H,17,18). The Labute approximate surface area is 153 Å². The van der Waals surface area contributed by atoms with Crippen molar-refractivity contribution < 1.29 is 34.1 Å². The Morgan fingerprint density at radius 3 is 1.29 bits per heavy atom. The van der Waals surface area contributed by atoms with Crippen molar-refractivity contribution in [3.05, 3.63) is 0 Å². The van der Waals surface area contributed by atoms with Gasteiger partial charge in [0.15, 0.2) is 6.47 Å². The molecule has 0 bridgehead atoms. The third-order valence-corrected chi connectivity index (χ3v) is 4.97. The Kier molecular flexibility index (Phi) is 8.59. The number of carbonyl (C=O) groups excluding carboxylic acids is 2. The second-order valence-corrected chi connectivity index (χ2v) is 11.4. The zero-order chi connectivity index (χ0) is 16.8. The number of hydrogen-bond donors (Lipinski definition) is 2. The maximum atomic E-state index is 11.8. The lowest BCUT2D eigenvalue weighted by molar-refractivity contribution is -0.159. The molecule has 0 unspecified atom stereocenters. The highest BCUT2D eigenvalue weighted by Gasteiger charge is 2.41. The molecule has 0 aliphatic rings. The number of carboxylic acid groups (broad SMARTS) is 2. The fourth-order valence-electron chi connectivity index (χ4n) is 0.965. The molecule has 0 aromatic rings. The Morgan fingerprint density at radius 2 is 1.05 bits per heavy atom. The number of hydrogen-bond acceptors (Lipinski definition) is 5. The van der Waals surface area contributed by atoms with Crippen LogP contribution in [-0.2, 0) is 23.9 Å². The Morgan fingerprint density at radius 1 is 0.762 bits per heavy atom. The van der Waals surface area contributed by atoms with Crippen LogP contribution in [-0.4, -0.2) is 40.6 Å². The van der Waals surface area contributed by atoms with Gasteiger partial charge in [-0.3, -0.25) is 9.59 Å². The predicted molar refractivity (Wildman–Crippen MR) is 86.0 cm³/mol. The van der Waals surface area contributed by atoms with Gasteiger partial charge in [-0.05, 0) is 12.8 Å². The zero-order valence-corrected chi connectivity index (χ0v) is 16.6. The van der Waals surface area contributed by atoms with Crippen LogP contribution in [0.1, 0.15) is 25.7 Å². The van der Waals surface area contributed by atoms with Crippen molar-refractivity contribution in [1.82, 2.24) is 0 Å². The molecule has 0 fully saturated rings. The molecule has 0 radical (unpaired) electrons. The van der Waals surface area contributed by atoms with Gasteiger partial charge in [0.05, 0.1) is 0 Å². The van der Waals surface area contributed by atoms with Crippen molar-refractivity contribution in [2.24, 2.45) is 0 Å². The molecule has 0 saturated carbocycles. The van der Waals surface area contributed by atoms with Gasteiger partial charge in [0.1, 0.15) is 0 Å². The minimum Gasteiger partial charge on any atom is -0.481 e. The molecule has 2 N–H and O–H groups in total. The van der Waals surface area contributed by atoms with Gasteiger partial charge in [0.2, 0.25) is 0 Å². The summed E-state index contributed by atoms with van der Waals surface area (Å²) in [4.78, 5) is 44.5. The quantitative estimate of drug-likeness (QED) is 0.266. The fourth-order valence-corrected chi connectivity index (χ4v) is 2.08. The van der Waals surface area contributed by atoms with Crippen LogP contribution in [0.25, 0.3) is 0 Å². The molecule has 0 aliphatic carbocycles. The average molecular weight is 562 g/mol. The van der Waals surface area contributed by atoms with Crippen LogP contribution in [0, 0.1) is 0 Å². The molecule has 120 valence electrons. The Bertz CT molecular complexity index is 407. The number of esters is 2. The first-order valence-electron chi connectivity index (χ1n) is 5.34. The molecular weight excluding hydrogens is 552 g/mol. The summed E-state index contributed by atoms with van der Waals surface area (Å²) in [5.41, 5.74) is 0. The highest BCUT2D eigenvalue weighted by molar-refractivity contribution is 9.26. The van der Waals surface area contributed by atoms with Crippen molar-refractivity contribution in [3.8, 4) is 0 Å². The Balaban J connectivity index is 4.64. The Hall–Kier alpha value is -0.000000000000000222. The molecule has 7 nitrogen and oxygen atoms in total. The van der Waals surface area contributed by atoms with Crippen LogP contribution >= 0.6 is 63.7 Å². The molecule has 0 atom stereocenters. The molecule has 0 amide bonds. The molecule has 0 spiro atoms. The van der Waals surface area contributed by atoms with Gasteiger partial charge in [0.25, 0.3) is 0 Å². The number of alkyl halides is 4. The summed E-state index contributed by atoms with van der Waals surface area (Å²) >= 11 is 11.7. The number of rotatable bonds is 8. The van der Waals surface area contributed by atoms with E-state index in [0.29, 0.717) is 0 Å². The van der Waals surface area contributed by atoms with E-state index in [9.17, 15) is 19.2 Å². The second-order valence-electron chi connectivity index (χ2n) is 3.87. The zero-order valence-electron chi connectivity index (χ0n) is 10.3. The minimum atomic E-state index is -1.52. The lowest BCUT2D eigenvalue weighted by Gasteiger charge is -2.21. The van der Waals surface area contributed by atoms with Crippen LogP contribution < -0.4 is 0 Å². The minimum absolute atomic E-state index is 0.152. The number of halogens is 4. The first kappa shape index (κ1) is 21.0. The third-order valence-electron chi connectivity index (χ3n) is 2.09. The van der Waals surface area contributed by atoms with E-state index in [1.54, 1.807) is 0 Å². The normalized spacial score (nSPS) is 11.8. The van der Waals surface area contributed by atoms with E-state index in [2.05, 4.69) is 68.5 Å². The second kappa shape index (κ2) is 8.59. The molecular formula is C10H10Br4O7. The van der Waals surface area contributed by atoms with E-state index in [1.165, 1.54) is 0 Å². The average Bonchev–Trinajstić information content (AvgIpc) is 2.34. The van der Waals surface area contributed by atoms with Crippen molar-refractivity contribution in [3.63, 3.8) is 0 Å². The smallest absolute Gasteiger partial charge is 0.341 e. The highest BCUT2D eigenvalue weighted by atomic mass is 79.9. The summed E-state index contributed by atoms with van der Waals surface area (Å²) in [7, 11) is 0. The maximum absolute atomic E-state index is 11.8. The summed E-state index contributed by atoms with van der Waals surface area (Å²) in [6, 6.07) is 0. The third kappa shape index (κ3) is 8.27. The summed E-state index contributed by atoms with van der Waals surface area (Å²) in [5, 5.41) is 17.1. The number of carbonyl (C=O) groups is 4. The van der Waals surface area contributed by atoms with Crippen LogP contribution in [0.2, 0.25) is 0 Å². The van der Waals surface area contributed by atoms with Crippen molar-refractivity contribution in [2.75, 3.05) is 0 Å². The first-order chi connectivity index (χ1) is 9.38. The van der Waals surface area contributed by atoms with Crippen LogP contribution in [0.3, 0.4) is 0 Å². The monoisotopic (exact) mass is 558 g/mol. The first-order valence-corrected chi connectivity index (χ1v) is 8.51. The van der Waals surface area contributed by atoms with E-state index < -0.39 is 30.3 Å². The van der Waals surface area contributed by atoms with E-state index in [0.717, 1.165) is 0 Å². The fraction of sp³-hybridized carbons (Fsp3) is 0.600. The van der Waals surface area contributed by atoms with E-state index in [4.69, 9.17) is 10.2 Å². The summed E-state index contributed by atoms with van der Waals surface area (Å²) < 4.78 is 1.56. The maximum Gasteiger partial charge on any atom is 0.341 e. The number of carboxylic acids is 2. The van der Waals surface area contributed by atoms with E-state index in [-0.39, 0.29) is 25.7 Å². The summed E-state index contributed by atoms with van der Waals surface area (Å²) in [5.74, 6) is -4.30. The highest BCUT2D eigenvalue weighted by Crippen LogP contribution is 2.37. The molecule has 0 aromatic carbocycles. The van der Waals surface area contributed by atoms with Crippen LogP contribution in [0.15, 0.2) is 0 Å². The lowest BCUT2D eigenvalue weighted by atomic mass is 10.2. The lowest BCUT2D eigenvalue weighted by Crippen LogP contribution is -2.36. The molecule has 0 aliphatic heterocycles. The molecule has 0 saturated heterocycles. The molecule has 0 aromatic heterocycles. The van der Waals surface area contributed by atoms with Crippen molar-refractivity contribution >= 4 is 87.6 Å². The van der Waals surface area contributed by atoms with Crippen molar-refractivity contribution in [1.29, 1.82) is 0 Å². The molecule has 0 rings (SSSR count). The van der Waals surface area contributed by atoms with Gasteiger partial charge in [-0.25, -0.2) is 9.59 Å². The predicted octanol–water partition coefficient (Wildman–Crippen LogP) is 2.76. The summed E-state index contributed by atoms with van der Waals surface area (Å²) in [6.45, 7) is 0. The van der Waals surface area contributed by atoms with Gasteiger partial charge in [-0.15, -0.1) is 0 Å². The number of ether oxygens (including phenoxy) is 1. The van der Waals surface area contributed by atoms with E-state index >= 15 is 0 Å². The van der Waals surface area contributed by atoms with Gasteiger partial charge in [-0.1, -0.05) is 63.7 Å². The van der Waals surface area contributed by atoms with Gasteiger partial charge < -0.3 is 14.9 Å². The number of aliphatic carboxylic acids is 2. The largest absolute Gasteiger partial charge is 0.481 e. The molecule has 0 heterocycles. The van der Waals surface area contributed by atoms with Crippen LogP contribution in [0.4, 0.5) is 0 Å². The van der Waals surface area contributed by atoms with E-state index in [1.807, 2.05) is 0 Å². The molecule has 21 heavy (non-hydrogen) atoms. The summed E-state index contributed by atoms with van der Waals surface area (Å²) in [6.07, 6.45) is -0.957. The van der Waals surface area contributed by atoms with Crippen molar-refractivity contribution in [2.45, 2.75) is 32.2 Å². The SMILES string of the molecule is O=C(O)CCC(Br)(Br)C(=O)OC(=O)C(Br)(Br)CCC(=O)O. The van der Waals surface area contributed by atoms with Gasteiger partial charge >= 0.3 is 23.9 Å².